The van der Waals surface area contributed by atoms with Gasteiger partial charge in [-0.3, -0.25) is 9.59 Å². The molecule has 0 radical (unpaired) electrons. The van der Waals surface area contributed by atoms with Crippen LogP contribution in [0, 0.1) is 0 Å². The first-order chi connectivity index (χ1) is 10.1. The molecule has 21 heavy (non-hydrogen) atoms. The van der Waals surface area contributed by atoms with E-state index in [2.05, 4.69) is 0 Å². The van der Waals surface area contributed by atoms with Crippen LogP contribution in [0.2, 0.25) is 5.02 Å². The van der Waals surface area contributed by atoms with Crippen LogP contribution in [-0.2, 0) is 5.75 Å². The van der Waals surface area contributed by atoms with Crippen molar-refractivity contribution in [3.05, 3.63) is 63.7 Å². The summed E-state index contributed by atoms with van der Waals surface area (Å²) in [7, 11) is 0. The fourth-order valence-corrected chi connectivity index (χ4v) is 3.71. The Morgan fingerprint density at radius 2 is 1.90 bits per heavy atom. The number of carbonyl (C=O) groups excluding carboxylic acids is 2. The lowest BCUT2D eigenvalue weighted by atomic mass is 9.98. The summed E-state index contributed by atoms with van der Waals surface area (Å²) < 4.78 is 0. The van der Waals surface area contributed by atoms with Crippen LogP contribution in [0.25, 0.3) is 0 Å². The van der Waals surface area contributed by atoms with Crippen molar-refractivity contribution in [1.82, 2.24) is 0 Å². The standard InChI is InChI=1S/C16H10Cl2O2S/c17-7-14(19)9-1-3-13-15(6-9)21-8-10-5-11(18)2-4-12(10)16(13)20/h1-6H,7-8H2. The highest BCUT2D eigenvalue weighted by molar-refractivity contribution is 7.98. The average Bonchev–Trinajstić information content (AvgIpc) is 2.63. The van der Waals surface area contributed by atoms with Crippen molar-refractivity contribution in [2.75, 3.05) is 5.88 Å². The van der Waals surface area contributed by atoms with Gasteiger partial charge in [0, 0.05) is 32.4 Å². The van der Waals surface area contributed by atoms with Gasteiger partial charge >= 0.3 is 0 Å². The molecule has 0 spiro atoms. The molecule has 1 aliphatic heterocycles. The molecule has 0 amide bonds. The van der Waals surface area contributed by atoms with Gasteiger partial charge in [0.25, 0.3) is 0 Å². The first-order valence-corrected chi connectivity index (χ1v) is 8.19. The lowest BCUT2D eigenvalue weighted by molar-refractivity contribution is 0.101. The SMILES string of the molecule is O=C(CCl)c1ccc2c(c1)SCc1cc(Cl)ccc1C2=O. The molecule has 0 unspecified atom stereocenters. The minimum absolute atomic E-state index is 0.0356. The van der Waals surface area contributed by atoms with Crippen molar-refractivity contribution < 1.29 is 9.59 Å². The number of alkyl halides is 1. The van der Waals surface area contributed by atoms with Crippen molar-refractivity contribution in [3.8, 4) is 0 Å². The molecule has 0 fully saturated rings. The van der Waals surface area contributed by atoms with Crippen molar-refractivity contribution in [1.29, 1.82) is 0 Å². The summed E-state index contributed by atoms with van der Waals surface area (Å²) in [6.45, 7) is 0. The minimum atomic E-state index is -0.141. The first-order valence-electron chi connectivity index (χ1n) is 6.29. The fraction of sp³-hybridized carbons (Fsp3) is 0.125. The molecule has 5 heteroatoms. The summed E-state index contributed by atoms with van der Waals surface area (Å²) in [5, 5.41) is 0.617. The number of hydrogen-bond donors (Lipinski definition) is 0. The van der Waals surface area contributed by atoms with E-state index >= 15 is 0 Å². The number of thioether (sulfide) groups is 1. The monoisotopic (exact) mass is 336 g/mol. The Bertz CT molecular complexity index is 756. The van der Waals surface area contributed by atoms with Gasteiger partial charge in [0.2, 0.25) is 0 Å². The van der Waals surface area contributed by atoms with E-state index in [0.29, 0.717) is 27.5 Å². The number of ketones is 2. The van der Waals surface area contributed by atoms with E-state index in [-0.39, 0.29) is 17.4 Å². The van der Waals surface area contributed by atoms with Crippen molar-refractivity contribution in [2.45, 2.75) is 10.6 Å². The van der Waals surface area contributed by atoms with E-state index in [1.807, 2.05) is 6.07 Å². The smallest absolute Gasteiger partial charge is 0.194 e. The summed E-state index contributed by atoms with van der Waals surface area (Å²) in [5.74, 6) is 0.407. The van der Waals surface area contributed by atoms with Gasteiger partial charge in [-0.1, -0.05) is 17.7 Å². The number of Topliss-reactive ketones (excluding diaryl/α,β-unsaturated/α-hetero) is 1. The summed E-state index contributed by atoms with van der Waals surface area (Å²) in [4.78, 5) is 25.1. The van der Waals surface area contributed by atoms with Crippen LogP contribution >= 0.6 is 35.0 Å². The molecule has 2 aromatic carbocycles. The summed E-state index contributed by atoms with van der Waals surface area (Å²) in [6, 6.07) is 10.4. The molecule has 1 heterocycles. The molecule has 2 aromatic rings. The maximum Gasteiger partial charge on any atom is 0.194 e. The third-order valence-corrected chi connectivity index (χ3v) is 4.95. The number of hydrogen-bond acceptors (Lipinski definition) is 3. The molecule has 0 aromatic heterocycles. The van der Waals surface area contributed by atoms with E-state index in [4.69, 9.17) is 23.2 Å². The third kappa shape index (κ3) is 2.73. The van der Waals surface area contributed by atoms with Gasteiger partial charge in [0.15, 0.2) is 11.6 Å². The molecule has 0 bridgehead atoms. The number of halogens is 2. The zero-order valence-corrected chi connectivity index (χ0v) is 13.2. The van der Waals surface area contributed by atoms with Crippen LogP contribution in [0.1, 0.15) is 31.8 Å². The molecule has 0 atom stereocenters. The lowest BCUT2D eigenvalue weighted by Crippen LogP contribution is -2.06. The molecule has 2 nitrogen and oxygen atoms in total. The second-order valence-electron chi connectivity index (χ2n) is 4.69. The molecule has 3 rings (SSSR count). The van der Waals surface area contributed by atoms with Crippen molar-refractivity contribution in [3.63, 3.8) is 0 Å². The Labute approximate surface area is 136 Å². The van der Waals surface area contributed by atoms with E-state index in [1.54, 1.807) is 30.3 Å². The van der Waals surface area contributed by atoms with Gasteiger partial charge in [0.05, 0.1) is 5.88 Å². The molecule has 0 saturated carbocycles. The number of fused-ring (bicyclic) bond motifs is 2. The Balaban J connectivity index is 2.09. The second-order valence-corrected chi connectivity index (χ2v) is 6.41. The predicted molar refractivity (Wildman–Crippen MR) is 85.9 cm³/mol. The van der Waals surface area contributed by atoms with Crippen LogP contribution in [0.5, 0.6) is 0 Å². The Morgan fingerprint density at radius 1 is 1.14 bits per heavy atom. The quantitative estimate of drug-likeness (QED) is 0.593. The Hall–Kier alpha value is -1.29. The van der Waals surface area contributed by atoms with Crippen molar-refractivity contribution in [2.24, 2.45) is 0 Å². The van der Waals surface area contributed by atoms with E-state index in [9.17, 15) is 9.59 Å². The van der Waals surface area contributed by atoms with Gasteiger partial charge in [-0.15, -0.1) is 23.4 Å². The van der Waals surface area contributed by atoms with Crippen LogP contribution < -0.4 is 0 Å². The number of carbonyl (C=O) groups is 2. The molecular formula is C16H10Cl2O2S. The first kappa shape index (κ1) is 14.6. The zero-order valence-electron chi connectivity index (χ0n) is 10.9. The molecular weight excluding hydrogens is 327 g/mol. The second kappa shape index (κ2) is 5.84. The molecule has 106 valence electrons. The Kier molecular flexibility index (Phi) is 4.07. The van der Waals surface area contributed by atoms with Gasteiger partial charge in [-0.2, -0.15) is 0 Å². The van der Waals surface area contributed by atoms with Gasteiger partial charge < -0.3 is 0 Å². The van der Waals surface area contributed by atoms with Gasteiger partial charge in [-0.05, 0) is 35.9 Å². The fourth-order valence-electron chi connectivity index (χ4n) is 2.28. The number of rotatable bonds is 2. The van der Waals surface area contributed by atoms with E-state index in [1.165, 1.54) is 11.8 Å². The number of benzene rings is 2. The third-order valence-electron chi connectivity index (χ3n) is 3.36. The summed E-state index contributed by atoms with van der Waals surface area (Å²) in [5.41, 5.74) is 2.74. The molecule has 1 aliphatic rings. The Morgan fingerprint density at radius 3 is 2.67 bits per heavy atom. The molecule has 0 N–H and O–H groups in total. The maximum atomic E-state index is 12.6. The topological polar surface area (TPSA) is 34.1 Å². The van der Waals surface area contributed by atoms with E-state index < -0.39 is 0 Å². The van der Waals surface area contributed by atoms with Gasteiger partial charge in [0.1, 0.15) is 0 Å². The minimum Gasteiger partial charge on any atom is -0.293 e. The largest absolute Gasteiger partial charge is 0.293 e. The summed E-state index contributed by atoms with van der Waals surface area (Å²) in [6.07, 6.45) is 0. The molecule has 0 aliphatic carbocycles. The van der Waals surface area contributed by atoms with Crippen LogP contribution in [-0.4, -0.2) is 17.4 Å². The lowest BCUT2D eigenvalue weighted by Gasteiger charge is -2.06. The maximum absolute atomic E-state index is 12.6. The molecule has 0 saturated heterocycles. The normalized spacial score (nSPS) is 13.3. The average molecular weight is 337 g/mol. The summed E-state index contributed by atoms with van der Waals surface area (Å²) >= 11 is 13.1. The van der Waals surface area contributed by atoms with Crippen molar-refractivity contribution >= 4 is 46.5 Å². The highest BCUT2D eigenvalue weighted by atomic mass is 35.5. The van der Waals surface area contributed by atoms with E-state index in [0.717, 1.165) is 10.5 Å². The zero-order chi connectivity index (χ0) is 15.0. The highest BCUT2D eigenvalue weighted by Crippen LogP contribution is 2.35. The van der Waals surface area contributed by atoms with Crippen LogP contribution in [0.15, 0.2) is 41.3 Å². The van der Waals surface area contributed by atoms with Crippen LogP contribution in [0.4, 0.5) is 0 Å². The van der Waals surface area contributed by atoms with Crippen LogP contribution in [0.3, 0.4) is 0 Å². The van der Waals surface area contributed by atoms with Gasteiger partial charge in [-0.25, -0.2) is 0 Å². The highest BCUT2D eigenvalue weighted by Gasteiger charge is 2.22. The predicted octanol–water partition coefficient (Wildman–Crippen LogP) is 4.60.